The van der Waals surface area contributed by atoms with Crippen molar-refractivity contribution < 1.29 is 31.1 Å². The predicted molar refractivity (Wildman–Crippen MR) is 111 cm³/mol. The van der Waals surface area contributed by atoms with Gasteiger partial charge in [0, 0.05) is 11.6 Å². The molecule has 0 amide bonds. The number of rotatable bonds is 6. The van der Waals surface area contributed by atoms with Gasteiger partial charge in [-0.15, -0.1) is 0 Å². The van der Waals surface area contributed by atoms with Gasteiger partial charge in [0.15, 0.2) is 0 Å². The molecule has 0 saturated carbocycles. The van der Waals surface area contributed by atoms with Gasteiger partial charge in [-0.2, -0.15) is 26.3 Å². The van der Waals surface area contributed by atoms with Crippen LogP contribution in [0.3, 0.4) is 0 Å². The molecule has 172 valence electrons. The summed E-state index contributed by atoms with van der Waals surface area (Å²) in [6.07, 6.45) is -7.09. The summed E-state index contributed by atoms with van der Waals surface area (Å²) in [4.78, 5) is 3.96. The largest absolute Gasteiger partial charge is 0.493 e. The maximum atomic E-state index is 13.8. The van der Waals surface area contributed by atoms with Gasteiger partial charge >= 0.3 is 12.4 Å². The fourth-order valence-electron chi connectivity index (χ4n) is 3.73. The molecule has 0 bridgehead atoms. The topological polar surface area (TPSA) is 22.1 Å². The summed E-state index contributed by atoms with van der Waals surface area (Å²) in [5.74, 6) is 0.216. The molecule has 3 rings (SSSR count). The van der Waals surface area contributed by atoms with Crippen LogP contribution < -0.4 is 4.74 Å². The van der Waals surface area contributed by atoms with Gasteiger partial charge in [0.25, 0.3) is 0 Å². The average molecular weight is 455 g/mol. The van der Waals surface area contributed by atoms with Crippen molar-refractivity contribution in [3.05, 3.63) is 59.8 Å². The van der Waals surface area contributed by atoms with E-state index in [9.17, 15) is 26.3 Å². The lowest BCUT2D eigenvalue weighted by Gasteiger charge is -2.19. The van der Waals surface area contributed by atoms with E-state index in [0.717, 1.165) is 24.6 Å². The van der Waals surface area contributed by atoms with Gasteiger partial charge in [0.2, 0.25) is 0 Å². The first-order chi connectivity index (χ1) is 14.9. The Morgan fingerprint density at radius 1 is 0.875 bits per heavy atom. The number of pyridine rings is 1. The number of hydrogen-bond donors (Lipinski definition) is 0. The van der Waals surface area contributed by atoms with Gasteiger partial charge in [-0.3, -0.25) is 4.98 Å². The van der Waals surface area contributed by atoms with Gasteiger partial charge in [0.05, 0.1) is 23.3 Å². The van der Waals surface area contributed by atoms with Crippen molar-refractivity contribution in [2.45, 2.75) is 39.5 Å². The highest BCUT2D eigenvalue weighted by Gasteiger charge is 2.35. The standard InChI is InChI=1S/C24H23F6NO/c1-14(2)10-15(3)13-32-22-7-4-16(11-20(22)24(28,29)30)18-8-9-31-21-12-17(23(25,26)27)5-6-19(18)21/h4-9,11-12,14-15H,10,13H2,1-3H3/t15-/m0/s1. The second-order valence-corrected chi connectivity index (χ2v) is 8.34. The molecule has 1 atom stereocenters. The molecule has 0 fully saturated rings. The summed E-state index contributed by atoms with van der Waals surface area (Å²) < 4.78 is 85.8. The van der Waals surface area contributed by atoms with Crippen molar-refractivity contribution >= 4 is 10.9 Å². The number of aromatic nitrogens is 1. The van der Waals surface area contributed by atoms with Crippen LogP contribution in [-0.4, -0.2) is 11.6 Å². The van der Waals surface area contributed by atoms with Crippen LogP contribution in [0.5, 0.6) is 5.75 Å². The molecule has 1 heterocycles. The van der Waals surface area contributed by atoms with E-state index in [1.54, 1.807) is 0 Å². The number of fused-ring (bicyclic) bond motifs is 1. The van der Waals surface area contributed by atoms with E-state index in [0.29, 0.717) is 16.9 Å². The Hall–Kier alpha value is -2.77. The van der Waals surface area contributed by atoms with Crippen molar-refractivity contribution in [1.82, 2.24) is 4.98 Å². The molecule has 0 aliphatic carbocycles. The van der Waals surface area contributed by atoms with E-state index in [-0.39, 0.29) is 29.4 Å². The average Bonchev–Trinajstić information content (AvgIpc) is 2.69. The second-order valence-electron chi connectivity index (χ2n) is 8.34. The lowest BCUT2D eigenvalue weighted by Crippen LogP contribution is -2.14. The quantitative estimate of drug-likeness (QED) is 0.351. The van der Waals surface area contributed by atoms with Gasteiger partial charge in [-0.1, -0.05) is 32.9 Å². The summed E-state index contributed by atoms with van der Waals surface area (Å²) in [5.41, 5.74) is -1.18. The Labute approximate surface area is 182 Å². The van der Waals surface area contributed by atoms with Crippen molar-refractivity contribution in [3.63, 3.8) is 0 Å². The van der Waals surface area contributed by atoms with E-state index >= 15 is 0 Å². The molecule has 0 aliphatic heterocycles. The minimum Gasteiger partial charge on any atom is -0.493 e. The zero-order chi connectivity index (χ0) is 23.7. The third kappa shape index (κ3) is 5.53. The minimum atomic E-state index is -4.65. The molecule has 0 aliphatic rings. The molecule has 0 N–H and O–H groups in total. The molecule has 3 aromatic rings. The third-order valence-electron chi connectivity index (χ3n) is 5.06. The monoisotopic (exact) mass is 455 g/mol. The molecule has 0 unspecified atom stereocenters. The number of hydrogen-bond acceptors (Lipinski definition) is 2. The van der Waals surface area contributed by atoms with E-state index in [4.69, 9.17) is 4.74 Å². The minimum absolute atomic E-state index is 0.0497. The smallest absolute Gasteiger partial charge is 0.419 e. The zero-order valence-electron chi connectivity index (χ0n) is 17.8. The maximum Gasteiger partial charge on any atom is 0.419 e. The normalized spacial score (nSPS) is 13.6. The molecular formula is C24H23F6NO. The van der Waals surface area contributed by atoms with Crippen molar-refractivity contribution in [2.24, 2.45) is 11.8 Å². The summed E-state index contributed by atoms with van der Waals surface area (Å²) >= 11 is 0. The van der Waals surface area contributed by atoms with Gasteiger partial charge < -0.3 is 4.74 Å². The number of benzene rings is 2. The molecule has 0 saturated heterocycles. The van der Waals surface area contributed by atoms with E-state index in [1.165, 1.54) is 30.5 Å². The van der Waals surface area contributed by atoms with Gasteiger partial charge in [0.1, 0.15) is 5.75 Å². The fourth-order valence-corrected chi connectivity index (χ4v) is 3.73. The van der Waals surface area contributed by atoms with Crippen LogP contribution >= 0.6 is 0 Å². The zero-order valence-corrected chi connectivity index (χ0v) is 17.8. The molecular weight excluding hydrogens is 432 g/mol. The Balaban J connectivity index is 2.01. The molecule has 0 spiro atoms. The highest BCUT2D eigenvalue weighted by molar-refractivity contribution is 5.94. The predicted octanol–water partition coefficient (Wildman–Crippen LogP) is 8.00. The first kappa shape index (κ1) is 23.9. The molecule has 2 nitrogen and oxygen atoms in total. The summed E-state index contributed by atoms with van der Waals surface area (Å²) in [7, 11) is 0. The first-order valence-electron chi connectivity index (χ1n) is 10.2. The Kier molecular flexibility index (Phi) is 6.72. The lowest BCUT2D eigenvalue weighted by molar-refractivity contribution is -0.139. The van der Waals surface area contributed by atoms with Crippen LogP contribution in [0.2, 0.25) is 0 Å². The molecule has 8 heteroatoms. The summed E-state index contributed by atoms with van der Waals surface area (Å²) in [5, 5.41) is 0.327. The molecule has 1 aromatic heterocycles. The van der Waals surface area contributed by atoms with E-state index in [2.05, 4.69) is 4.98 Å². The molecule has 0 radical (unpaired) electrons. The highest BCUT2D eigenvalue weighted by Crippen LogP contribution is 2.40. The first-order valence-corrected chi connectivity index (χ1v) is 10.2. The van der Waals surface area contributed by atoms with E-state index < -0.39 is 23.5 Å². The number of ether oxygens (including phenoxy) is 1. The fraction of sp³-hybridized carbons (Fsp3) is 0.375. The van der Waals surface area contributed by atoms with Crippen LogP contribution in [0.4, 0.5) is 26.3 Å². The van der Waals surface area contributed by atoms with Crippen molar-refractivity contribution in [2.75, 3.05) is 6.61 Å². The summed E-state index contributed by atoms with van der Waals surface area (Å²) in [6, 6.07) is 8.20. The van der Waals surface area contributed by atoms with Crippen LogP contribution in [-0.2, 0) is 12.4 Å². The Bertz CT molecular complexity index is 1090. The van der Waals surface area contributed by atoms with Crippen LogP contribution in [0.25, 0.3) is 22.0 Å². The van der Waals surface area contributed by atoms with Crippen LogP contribution in [0.15, 0.2) is 48.7 Å². The molecule has 2 aromatic carbocycles. The number of halogens is 6. The van der Waals surface area contributed by atoms with Crippen molar-refractivity contribution in [1.29, 1.82) is 0 Å². The van der Waals surface area contributed by atoms with Crippen LogP contribution in [0, 0.1) is 11.8 Å². The number of nitrogens with zero attached hydrogens (tertiary/aromatic N) is 1. The van der Waals surface area contributed by atoms with Crippen molar-refractivity contribution in [3.8, 4) is 16.9 Å². The van der Waals surface area contributed by atoms with Crippen LogP contribution in [0.1, 0.15) is 38.3 Å². The molecule has 32 heavy (non-hydrogen) atoms. The second kappa shape index (κ2) is 9.00. The van der Waals surface area contributed by atoms with Gasteiger partial charge in [-0.25, -0.2) is 0 Å². The third-order valence-corrected chi connectivity index (χ3v) is 5.06. The lowest BCUT2D eigenvalue weighted by atomic mass is 9.97. The maximum absolute atomic E-state index is 13.8. The van der Waals surface area contributed by atoms with Gasteiger partial charge in [-0.05, 0) is 59.7 Å². The van der Waals surface area contributed by atoms with E-state index in [1.807, 2.05) is 20.8 Å². The summed E-state index contributed by atoms with van der Waals surface area (Å²) in [6.45, 7) is 6.13. The highest BCUT2D eigenvalue weighted by atomic mass is 19.4. The Morgan fingerprint density at radius 2 is 1.59 bits per heavy atom. The SMILES string of the molecule is CC(C)C[C@H](C)COc1ccc(-c2ccnc3cc(C(F)(F)F)ccc23)cc1C(F)(F)F. The number of alkyl halides is 6. The Morgan fingerprint density at radius 3 is 2.22 bits per heavy atom.